The third kappa shape index (κ3) is 9.96. The molecule has 0 radical (unpaired) electrons. The largest absolute Gasteiger partial charge is 0.396 e. The molecule has 0 aliphatic heterocycles. The maximum Gasteiger partial charge on any atom is 0.0542 e. The van der Waals surface area contributed by atoms with E-state index in [1.807, 2.05) is 0 Å². The van der Waals surface area contributed by atoms with Crippen molar-refractivity contribution in [2.45, 2.75) is 110 Å². The van der Waals surface area contributed by atoms with Gasteiger partial charge in [0.25, 0.3) is 0 Å². The lowest BCUT2D eigenvalue weighted by atomic mass is 9.78. The molecule has 3 heteroatoms. The van der Waals surface area contributed by atoms with Gasteiger partial charge in [-0.05, 0) is 62.2 Å². The van der Waals surface area contributed by atoms with Crippen LogP contribution in [0.1, 0.15) is 97.8 Å². The molecule has 0 spiro atoms. The van der Waals surface area contributed by atoms with Crippen molar-refractivity contribution in [2.75, 3.05) is 6.61 Å². The topological polar surface area (TPSA) is 60.7 Å². The molecule has 3 saturated carbocycles. The molecule has 6 unspecified atom stereocenters. The highest BCUT2D eigenvalue weighted by Crippen LogP contribution is 2.31. The molecule has 3 nitrogen and oxygen atoms in total. The Hall–Kier alpha value is -0.120. The molecule has 0 amide bonds. The molecule has 25 heavy (non-hydrogen) atoms. The summed E-state index contributed by atoms with van der Waals surface area (Å²) in [5.74, 6) is 2.98. The molecular formula is C22H44O3. The molecule has 3 rings (SSSR count). The molecule has 0 aromatic carbocycles. The van der Waals surface area contributed by atoms with Crippen molar-refractivity contribution < 1.29 is 15.3 Å². The summed E-state index contributed by atoms with van der Waals surface area (Å²) in [6, 6.07) is 0. The third-order valence-electron chi connectivity index (χ3n) is 6.40. The lowest BCUT2D eigenvalue weighted by molar-refractivity contribution is 0.106. The van der Waals surface area contributed by atoms with E-state index in [-0.39, 0.29) is 12.2 Å². The predicted molar refractivity (Wildman–Crippen MR) is 105 cm³/mol. The van der Waals surface area contributed by atoms with Gasteiger partial charge in [0.2, 0.25) is 0 Å². The summed E-state index contributed by atoms with van der Waals surface area (Å²) in [5.41, 5.74) is 0. The van der Waals surface area contributed by atoms with Crippen molar-refractivity contribution in [2.24, 2.45) is 23.7 Å². The number of aliphatic hydroxyl groups excluding tert-OH is 3. The fourth-order valence-corrected chi connectivity index (χ4v) is 4.64. The van der Waals surface area contributed by atoms with E-state index in [9.17, 15) is 0 Å². The van der Waals surface area contributed by atoms with Gasteiger partial charge in [-0.2, -0.15) is 0 Å². The molecule has 0 aromatic rings. The van der Waals surface area contributed by atoms with E-state index in [1.165, 1.54) is 51.4 Å². The molecule has 3 aliphatic rings. The van der Waals surface area contributed by atoms with E-state index in [0.717, 1.165) is 43.4 Å². The summed E-state index contributed by atoms with van der Waals surface area (Å²) in [4.78, 5) is 0. The van der Waals surface area contributed by atoms with Gasteiger partial charge < -0.3 is 15.3 Å². The standard InChI is InChI=1S/C9H18O.C7H14O.C6H12O/c1-2-8-5-3-4-6-9(8)7-10;1-6-3-2-4-7(8)5-6;1-5-2-3-6(7)4-5/h8-10H,2-7H2,1H3;6-8H,2-5H2,1H3;5-7H,2-4H2,1H3. The van der Waals surface area contributed by atoms with Crippen LogP contribution in [0.15, 0.2) is 0 Å². The SMILES string of the molecule is CC1CCC(O)C1.CC1CCCC(O)C1.CCC1CCCCC1CO. The summed E-state index contributed by atoms with van der Waals surface area (Å²) in [6.45, 7) is 7.05. The molecule has 0 aromatic heterocycles. The summed E-state index contributed by atoms with van der Waals surface area (Å²) in [6.07, 6.45) is 14.5. The fraction of sp³-hybridized carbons (Fsp3) is 1.00. The first-order valence-electron chi connectivity index (χ1n) is 10.9. The normalized spacial score (nSPS) is 38.2. The predicted octanol–water partition coefficient (Wildman–Crippen LogP) is 4.92. The monoisotopic (exact) mass is 356 g/mol. The quantitative estimate of drug-likeness (QED) is 0.658. The molecule has 3 fully saturated rings. The second-order valence-electron chi connectivity index (χ2n) is 8.89. The minimum atomic E-state index is 0.0127. The van der Waals surface area contributed by atoms with Crippen LogP contribution >= 0.6 is 0 Å². The Balaban J connectivity index is 0.000000191. The number of aliphatic hydroxyl groups is 3. The van der Waals surface area contributed by atoms with Crippen molar-refractivity contribution in [3.8, 4) is 0 Å². The van der Waals surface area contributed by atoms with E-state index in [0.29, 0.717) is 12.5 Å². The van der Waals surface area contributed by atoms with Crippen LogP contribution in [-0.2, 0) is 0 Å². The number of hydrogen-bond acceptors (Lipinski definition) is 3. The maximum absolute atomic E-state index is 9.08. The van der Waals surface area contributed by atoms with Crippen LogP contribution in [0, 0.1) is 23.7 Å². The van der Waals surface area contributed by atoms with Crippen LogP contribution in [-0.4, -0.2) is 34.1 Å². The van der Waals surface area contributed by atoms with Gasteiger partial charge in [-0.3, -0.25) is 0 Å². The molecule has 0 bridgehead atoms. The highest BCUT2D eigenvalue weighted by Gasteiger charge is 2.22. The van der Waals surface area contributed by atoms with E-state index >= 15 is 0 Å². The molecule has 6 atom stereocenters. The van der Waals surface area contributed by atoms with Crippen LogP contribution in [0.3, 0.4) is 0 Å². The van der Waals surface area contributed by atoms with E-state index in [4.69, 9.17) is 15.3 Å². The summed E-state index contributed by atoms with van der Waals surface area (Å²) in [7, 11) is 0. The second kappa shape index (κ2) is 13.1. The highest BCUT2D eigenvalue weighted by molar-refractivity contribution is 4.73. The van der Waals surface area contributed by atoms with Crippen molar-refractivity contribution in [1.29, 1.82) is 0 Å². The Bertz CT molecular complexity index is 292. The Morgan fingerprint density at radius 3 is 1.56 bits per heavy atom. The number of hydrogen-bond donors (Lipinski definition) is 3. The number of rotatable bonds is 2. The van der Waals surface area contributed by atoms with Gasteiger partial charge in [-0.25, -0.2) is 0 Å². The van der Waals surface area contributed by atoms with Gasteiger partial charge in [-0.1, -0.05) is 59.3 Å². The minimum absolute atomic E-state index is 0.0127. The van der Waals surface area contributed by atoms with Gasteiger partial charge >= 0.3 is 0 Å². The molecule has 0 saturated heterocycles. The Labute approximate surface area is 156 Å². The highest BCUT2D eigenvalue weighted by atomic mass is 16.3. The minimum Gasteiger partial charge on any atom is -0.396 e. The smallest absolute Gasteiger partial charge is 0.0542 e. The maximum atomic E-state index is 9.08. The summed E-state index contributed by atoms with van der Waals surface area (Å²) in [5, 5.41) is 27.0. The van der Waals surface area contributed by atoms with Crippen LogP contribution in [0.25, 0.3) is 0 Å². The zero-order valence-electron chi connectivity index (χ0n) is 17.0. The van der Waals surface area contributed by atoms with Crippen LogP contribution in [0.2, 0.25) is 0 Å². The lowest BCUT2D eigenvalue weighted by Crippen LogP contribution is -2.21. The molecule has 0 heterocycles. The first-order chi connectivity index (χ1) is 12.0. The fourth-order valence-electron chi connectivity index (χ4n) is 4.64. The average Bonchev–Trinajstić information content (AvgIpc) is 2.98. The zero-order valence-corrected chi connectivity index (χ0v) is 17.0. The Morgan fingerprint density at radius 2 is 1.24 bits per heavy atom. The van der Waals surface area contributed by atoms with E-state index in [1.54, 1.807) is 0 Å². The summed E-state index contributed by atoms with van der Waals surface area (Å²) < 4.78 is 0. The Morgan fingerprint density at radius 1 is 0.680 bits per heavy atom. The lowest BCUT2D eigenvalue weighted by Gasteiger charge is -2.28. The van der Waals surface area contributed by atoms with Gasteiger partial charge in [0, 0.05) is 6.61 Å². The van der Waals surface area contributed by atoms with Gasteiger partial charge in [0.05, 0.1) is 12.2 Å². The van der Waals surface area contributed by atoms with Crippen molar-refractivity contribution in [1.82, 2.24) is 0 Å². The summed E-state index contributed by atoms with van der Waals surface area (Å²) >= 11 is 0. The molecule has 150 valence electrons. The second-order valence-corrected chi connectivity index (χ2v) is 8.89. The van der Waals surface area contributed by atoms with Crippen molar-refractivity contribution in [3.63, 3.8) is 0 Å². The average molecular weight is 357 g/mol. The molecular weight excluding hydrogens is 312 g/mol. The van der Waals surface area contributed by atoms with Gasteiger partial charge in [-0.15, -0.1) is 0 Å². The van der Waals surface area contributed by atoms with E-state index < -0.39 is 0 Å². The first kappa shape index (κ1) is 22.9. The zero-order chi connectivity index (χ0) is 18.7. The van der Waals surface area contributed by atoms with Gasteiger partial charge in [0.1, 0.15) is 0 Å². The van der Waals surface area contributed by atoms with Crippen LogP contribution < -0.4 is 0 Å². The third-order valence-corrected chi connectivity index (χ3v) is 6.40. The molecule has 3 N–H and O–H groups in total. The van der Waals surface area contributed by atoms with Crippen molar-refractivity contribution in [3.05, 3.63) is 0 Å². The van der Waals surface area contributed by atoms with Crippen LogP contribution in [0.5, 0.6) is 0 Å². The van der Waals surface area contributed by atoms with Crippen molar-refractivity contribution >= 4 is 0 Å². The van der Waals surface area contributed by atoms with Crippen LogP contribution in [0.4, 0.5) is 0 Å². The molecule has 3 aliphatic carbocycles. The van der Waals surface area contributed by atoms with E-state index in [2.05, 4.69) is 20.8 Å². The first-order valence-corrected chi connectivity index (χ1v) is 10.9. The Kier molecular flexibility index (Phi) is 12.0. The van der Waals surface area contributed by atoms with Gasteiger partial charge in [0.15, 0.2) is 0 Å².